The molecule has 0 aromatic heterocycles. The fourth-order valence-corrected chi connectivity index (χ4v) is 2.99. The molecule has 0 aliphatic rings. The summed E-state index contributed by atoms with van der Waals surface area (Å²) in [5.74, 6) is -0.852. The van der Waals surface area contributed by atoms with Gasteiger partial charge in [0.25, 0.3) is 11.8 Å². The molecule has 3 aromatic carbocycles. The Morgan fingerprint density at radius 1 is 0.933 bits per heavy atom. The molecule has 4 nitrogen and oxygen atoms in total. The zero-order valence-electron chi connectivity index (χ0n) is 16.7. The van der Waals surface area contributed by atoms with E-state index in [4.69, 9.17) is 0 Å². The van der Waals surface area contributed by atoms with Gasteiger partial charge >= 0.3 is 0 Å². The normalized spacial score (nSPS) is 10.7. The summed E-state index contributed by atoms with van der Waals surface area (Å²) in [5, 5.41) is 2.91. The third kappa shape index (κ3) is 5.64. The number of para-hydroxylation sites is 1. The number of carbonyl (C=O) groups is 2. The van der Waals surface area contributed by atoms with Crippen LogP contribution in [-0.2, 0) is 11.2 Å². The van der Waals surface area contributed by atoms with E-state index in [0.717, 1.165) is 12.0 Å². The van der Waals surface area contributed by atoms with Gasteiger partial charge in [-0.3, -0.25) is 9.59 Å². The standard InChI is InChI=1S/C25H23FN2O2/c1-28(24(29)16-13-20-11-14-21(26)15-12-20)23-10-6-5-9-22(23)25(30)27-18-17-19-7-3-2-4-8-19/h2-16H,17-18H2,1H3,(H,27,30)/b16-13+. The molecular formula is C25H23FN2O2. The Bertz CT molecular complexity index is 1030. The van der Waals surface area contributed by atoms with E-state index in [1.54, 1.807) is 49.5 Å². The van der Waals surface area contributed by atoms with Gasteiger partial charge in [-0.2, -0.15) is 0 Å². The summed E-state index contributed by atoms with van der Waals surface area (Å²) in [4.78, 5) is 26.7. The minimum Gasteiger partial charge on any atom is -0.352 e. The first kappa shape index (κ1) is 21.0. The van der Waals surface area contributed by atoms with Crippen LogP contribution in [0.25, 0.3) is 6.08 Å². The van der Waals surface area contributed by atoms with Crippen molar-refractivity contribution in [1.29, 1.82) is 0 Å². The van der Waals surface area contributed by atoms with Crippen LogP contribution < -0.4 is 10.2 Å². The molecule has 3 aromatic rings. The van der Waals surface area contributed by atoms with Crippen LogP contribution in [0.3, 0.4) is 0 Å². The van der Waals surface area contributed by atoms with Crippen molar-refractivity contribution in [3.8, 4) is 0 Å². The minimum atomic E-state index is -0.331. The lowest BCUT2D eigenvalue weighted by atomic mass is 10.1. The molecule has 0 fully saturated rings. The van der Waals surface area contributed by atoms with Crippen molar-refractivity contribution >= 4 is 23.6 Å². The molecule has 0 atom stereocenters. The monoisotopic (exact) mass is 402 g/mol. The van der Waals surface area contributed by atoms with E-state index in [2.05, 4.69) is 5.32 Å². The maximum Gasteiger partial charge on any atom is 0.253 e. The lowest BCUT2D eigenvalue weighted by Gasteiger charge is -2.19. The number of carbonyl (C=O) groups excluding carboxylic acids is 2. The highest BCUT2D eigenvalue weighted by Crippen LogP contribution is 2.20. The third-order valence-electron chi connectivity index (χ3n) is 4.67. The van der Waals surface area contributed by atoms with Gasteiger partial charge in [0, 0.05) is 19.7 Å². The van der Waals surface area contributed by atoms with E-state index in [0.29, 0.717) is 23.4 Å². The summed E-state index contributed by atoms with van der Waals surface area (Å²) in [5.41, 5.74) is 2.80. The molecule has 0 saturated carbocycles. The highest BCUT2D eigenvalue weighted by Gasteiger charge is 2.16. The average molecular weight is 402 g/mol. The third-order valence-corrected chi connectivity index (χ3v) is 4.67. The predicted octanol–water partition coefficient (Wildman–Crippen LogP) is 4.47. The quantitative estimate of drug-likeness (QED) is 0.593. The van der Waals surface area contributed by atoms with Gasteiger partial charge in [0.2, 0.25) is 0 Å². The molecule has 3 rings (SSSR count). The van der Waals surface area contributed by atoms with Gasteiger partial charge in [-0.25, -0.2) is 4.39 Å². The van der Waals surface area contributed by atoms with Gasteiger partial charge in [-0.05, 0) is 47.9 Å². The van der Waals surface area contributed by atoms with Crippen LogP contribution in [0.15, 0.2) is 84.9 Å². The largest absolute Gasteiger partial charge is 0.352 e. The highest BCUT2D eigenvalue weighted by atomic mass is 19.1. The first-order valence-corrected chi connectivity index (χ1v) is 9.67. The first-order chi connectivity index (χ1) is 14.5. The Kier molecular flexibility index (Phi) is 7.11. The van der Waals surface area contributed by atoms with Crippen molar-refractivity contribution in [3.05, 3.63) is 107 Å². The molecule has 0 unspecified atom stereocenters. The highest BCUT2D eigenvalue weighted by molar-refractivity contribution is 6.08. The summed E-state index contributed by atoms with van der Waals surface area (Å²) in [6.07, 6.45) is 3.74. The number of rotatable bonds is 7. The number of benzene rings is 3. The van der Waals surface area contributed by atoms with Crippen LogP contribution in [0.4, 0.5) is 10.1 Å². The Morgan fingerprint density at radius 2 is 1.60 bits per heavy atom. The van der Waals surface area contributed by atoms with Crippen LogP contribution in [0, 0.1) is 5.82 Å². The van der Waals surface area contributed by atoms with E-state index in [-0.39, 0.29) is 17.6 Å². The summed E-state index contributed by atoms with van der Waals surface area (Å²) in [7, 11) is 1.62. The number of likely N-dealkylation sites (N-methyl/N-ethyl adjacent to an activating group) is 1. The molecular weight excluding hydrogens is 379 g/mol. The second-order valence-electron chi connectivity index (χ2n) is 6.79. The molecule has 5 heteroatoms. The Labute approximate surface area is 175 Å². The SMILES string of the molecule is CN(C(=O)/C=C/c1ccc(F)cc1)c1ccccc1C(=O)NCCc1ccccc1. The molecule has 152 valence electrons. The van der Waals surface area contributed by atoms with Gasteiger partial charge in [0.1, 0.15) is 5.82 Å². The number of nitrogens with one attached hydrogen (secondary N) is 1. The number of nitrogens with zero attached hydrogens (tertiary/aromatic N) is 1. The lowest BCUT2D eigenvalue weighted by Crippen LogP contribution is -2.30. The van der Waals surface area contributed by atoms with Gasteiger partial charge in [0.15, 0.2) is 0 Å². The fraction of sp³-hybridized carbons (Fsp3) is 0.120. The second-order valence-corrected chi connectivity index (χ2v) is 6.79. The van der Waals surface area contributed by atoms with Crippen LogP contribution in [0.5, 0.6) is 0 Å². The number of anilines is 1. The maximum atomic E-state index is 13.0. The maximum absolute atomic E-state index is 13.0. The number of hydrogen-bond donors (Lipinski definition) is 1. The van der Waals surface area contributed by atoms with Gasteiger partial charge in [-0.1, -0.05) is 54.6 Å². The predicted molar refractivity (Wildman–Crippen MR) is 118 cm³/mol. The first-order valence-electron chi connectivity index (χ1n) is 9.67. The van der Waals surface area contributed by atoms with Gasteiger partial charge < -0.3 is 10.2 Å². The number of hydrogen-bond acceptors (Lipinski definition) is 2. The molecule has 30 heavy (non-hydrogen) atoms. The van der Waals surface area contributed by atoms with E-state index in [1.165, 1.54) is 23.1 Å². The van der Waals surface area contributed by atoms with Gasteiger partial charge in [-0.15, -0.1) is 0 Å². The van der Waals surface area contributed by atoms with E-state index < -0.39 is 0 Å². The Hall–Kier alpha value is -3.73. The molecule has 2 amide bonds. The summed E-state index contributed by atoms with van der Waals surface area (Å²) >= 11 is 0. The van der Waals surface area contributed by atoms with Crippen molar-refractivity contribution in [1.82, 2.24) is 5.32 Å². The molecule has 0 bridgehead atoms. The lowest BCUT2D eigenvalue weighted by molar-refractivity contribution is -0.113. The smallest absolute Gasteiger partial charge is 0.253 e. The average Bonchev–Trinajstić information content (AvgIpc) is 2.78. The molecule has 0 aliphatic heterocycles. The topological polar surface area (TPSA) is 49.4 Å². The van der Waals surface area contributed by atoms with Crippen molar-refractivity contribution in [2.75, 3.05) is 18.5 Å². The molecule has 0 heterocycles. The molecule has 1 N–H and O–H groups in total. The molecule has 0 aliphatic carbocycles. The van der Waals surface area contributed by atoms with Crippen LogP contribution >= 0.6 is 0 Å². The van der Waals surface area contributed by atoms with Crippen molar-refractivity contribution in [2.45, 2.75) is 6.42 Å². The second kappa shape index (κ2) is 10.2. The molecule has 0 radical (unpaired) electrons. The number of halogens is 1. The van der Waals surface area contributed by atoms with E-state index >= 15 is 0 Å². The minimum absolute atomic E-state index is 0.233. The van der Waals surface area contributed by atoms with Crippen molar-refractivity contribution < 1.29 is 14.0 Å². The number of amides is 2. The van der Waals surface area contributed by atoms with Crippen LogP contribution in [0.2, 0.25) is 0 Å². The van der Waals surface area contributed by atoms with E-state index in [1.807, 2.05) is 30.3 Å². The Morgan fingerprint density at radius 3 is 2.33 bits per heavy atom. The van der Waals surface area contributed by atoms with Crippen LogP contribution in [0.1, 0.15) is 21.5 Å². The van der Waals surface area contributed by atoms with Crippen LogP contribution in [-0.4, -0.2) is 25.4 Å². The summed E-state index contributed by atoms with van der Waals surface area (Å²) in [6.45, 7) is 0.499. The Balaban J connectivity index is 1.66. The van der Waals surface area contributed by atoms with Gasteiger partial charge in [0.05, 0.1) is 11.3 Å². The zero-order valence-corrected chi connectivity index (χ0v) is 16.7. The molecule has 0 saturated heterocycles. The summed E-state index contributed by atoms with van der Waals surface area (Å²) in [6, 6.07) is 22.7. The van der Waals surface area contributed by atoms with Crippen molar-refractivity contribution in [2.24, 2.45) is 0 Å². The van der Waals surface area contributed by atoms with E-state index in [9.17, 15) is 14.0 Å². The van der Waals surface area contributed by atoms with Crippen molar-refractivity contribution in [3.63, 3.8) is 0 Å². The fourth-order valence-electron chi connectivity index (χ4n) is 2.99. The zero-order chi connectivity index (χ0) is 21.3. The summed E-state index contributed by atoms with van der Waals surface area (Å²) < 4.78 is 13.0. The molecule has 0 spiro atoms.